The maximum Gasteiger partial charge on any atom is 3.00 e. The third kappa shape index (κ3) is 45.0. The van der Waals surface area contributed by atoms with Crippen molar-refractivity contribution in [2.24, 2.45) is 30.0 Å². The molecule has 6 aromatic rings. The van der Waals surface area contributed by atoms with Crippen molar-refractivity contribution in [2.45, 2.75) is 41.5 Å². The summed E-state index contributed by atoms with van der Waals surface area (Å²) < 4.78 is 118. The number of rotatable bonds is 24. The standard InChI is InChI=1S/C21H30N10.C21H27N10.CH4O.2F6P.2Fe/c2*1-16-10-19(28-25-16)13-22-4-7-31(8-5-23-14-20-11-17(2)26-29-20)9-6-24-15-21-12-18(3)27-30-21;1-2;2*1-7(2,3,4,5)6;;/h10-15H,4-9H2,1-3H3,(H,25,28)(H,26,29)(H,27,30);10-15H,4-9H2,1-3H3;2H,1H3;;;;/q;-3;;2*-1;+2;+3. The molecule has 0 bridgehead atoms. The Hall–Kier alpha value is -5.78. The van der Waals surface area contributed by atoms with Gasteiger partial charge in [0.05, 0.1) is 56.4 Å². The Bertz CT molecular complexity index is 2390. The molecule has 21 nitrogen and oxygen atoms in total. The van der Waals surface area contributed by atoms with Crippen LogP contribution in [0.5, 0.6) is 0 Å². The van der Waals surface area contributed by atoms with E-state index in [4.69, 9.17) is 5.11 Å². The fraction of sp³-hybridized carbons (Fsp3) is 0.442. The van der Waals surface area contributed by atoms with E-state index in [1.807, 2.05) is 77.9 Å². The predicted octanol–water partition coefficient (Wildman–Crippen LogP) is 8.74. The fourth-order valence-corrected chi connectivity index (χ4v) is 5.74. The molecule has 0 aliphatic heterocycles. The Kier molecular flexibility index (Phi) is 30.3. The minimum atomic E-state index is -10.7. The number of hydrogen-bond acceptors (Lipinski definition) is 15. The molecule has 37 heteroatoms. The number of aromatic amines is 3. The number of aryl methyl sites for hydroxylation is 6. The number of aromatic nitrogens is 12. The summed E-state index contributed by atoms with van der Waals surface area (Å²) in [5, 5.41) is 52.3. The molecule has 6 heterocycles. The first-order valence-corrected chi connectivity index (χ1v) is 27.1. The van der Waals surface area contributed by atoms with Crippen LogP contribution in [0.2, 0.25) is 0 Å². The second kappa shape index (κ2) is 32.6. The topological polar surface area (TPSA) is 268 Å². The molecule has 6 aromatic heterocycles. The van der Waals surface area contributed by atoms with Crippen LogP contribution in [0.15, 0.2) is 66.4 Å². The Balaban J connectivity index is 0.00000120. The summed E-state index contributed by atoms with van der Waals surface area (Å²) in [6, 6.07) is 11.6. The van der Waals surface area contributed by atoms with Gasteiger partial charge in [0.1, 0.15) is 17.1 Å². The van der Waals surface area contributed by atoms with Gasteiger partial charge in [0.2, 0.25) is 0 Å². The van der Waals surface area contributed by atoms with Crippen molar-refractivity contribution >= 4 is 52.9 Å². The Morgan fingerprint density at radius 1 is 0.400 bits per heavy atom. The number of hydrogen-bond donors (Lipinski definition) is 4. The molecule has 0 amide bonds. The van der Waals surface area contributed by atoms with Gasteiger partial charge in [-0.05, 0) is 39.0 Å². The summed E-state index contributed by atoms with van der Waals surface area (Å²) in [6.45, 7) is 20.6. The predicted molar refractivity (Wildman–Crippen MR) is 280 cm³/mol. The van der Waals surface area contributed by atoms with E-state index < -0.39 is 15.6 Å². The van der Waals surface area contributed by atoms with Gasteiger partial charge in [-0.3, -0.25) is 55.1 Å². The normalized spacial score (nSPS) is 13.7. The van der Waals surface area contributed by atoms with Gasteiger partial charge >= 0.3 is 100 Å². The number of nitrogens with one attached hydrogen (secondary N) is 3. The second-order valence-corrected chi connectivity index (χ2v) is 20.3. The van der Waals surface area contributed by atoms with Crippen molar-refractivity contribution in [3.63, 3.8) is 0 Å². The summed E-state index contributed by atoms with van der Waals surface area (Å²) in [7, 11) is -20.3. The molecule has 0 aromatic carbocycles. The van der Waals surface area contributed by atoms with Crippen molar-refractivity contribution in [3.8, 4) is 0 Å². The molecule has 0 aliphatic rings. The summed E-state index contributed by atoms with van der Waals surface area (Å²) in [4.78, 5) is 31.5. The van der Waals surface area contributed by atoms with Crippen molar-refractivity contribution in [1.82, 2.24) is 71.0 Å². The van der Waals surface area contributed by atoms with Gasteiger partial charge < -0.3 is 35.7 Å². The van der Waals surface area contributed by atoms with Gasteiger partial charge in [0.25, 0.3) is 0 Å². The first-order chi connectivity index (χ1) is 36.1. The van der Waals surface area contributed by atoms with Crippen LogP contribution in [-0.4, -0.2) is 184 Å². The molecule has 4 N–H and O–H groups in total. The van der Waals surface area contributed by atoms with Crippen molar-refractivity contribution < 1.29 is 89.6 Å². The zero-order valence-corrected chi connectivity index (χ0v) is 48.1. The van der Waals surface area contributed by atoms with E-state index in [9.17, 15) is 50.4 Å². The summed E-state index contributed by atoms with van der Waals surface area (Å²) in [6.07, 6.45) is 10.7. The van der Waals surface area contributed by atoms with E-state index >= 15 is 0 Å². The molecule has 6 rings (SSSR count). The van der Waals surface area contributed by atoms with E-state index in [0.717, 1.165) is 115 Å². The fourth-order valence-electron chi connectivity index (χ4n) is 5.74. The van der Waals surface area contributed by atoms with Crippen LogP contribution < -0.4 is 15.3 Å². The first-order valence-electron chi connectivity index (χ1n) is 23.0. The third-order valence-corrected chi connectivity index (χ3v) is 8.83. The maximum absolute atomic E-state index is 10.7. The number of H-pyrrole nitrogens is 3. The van der Waals surface area contributed by atoms with E-state index in [-0.39, 0.29) is 34.1 Å². The van der Waals surface area contributed by atoms with E-state index in [0.29, 0.717) is 39.3 Å². The van der Waals surface area contributed by atoms with Gasteiger partial charge in [-0.25, -0.2) is 0 Å². The summed E-state index contributed by atoms with van der Waals surface area (Å²) >= 11 is 0. The third-order valence-electron chi connectivity index (χ3n) is 8.83. The zero-order valence-electron chi connectivity index (χ0n) is 44.1. The number of halogens is 12. The average molecular weight is 1280 g/mol. The average Bonchev–Trinajstić information content (AvgIpc) is 4.21. The van der Waals surface area contributed by atoms with Crippen LogP contribution in [0.25, 0.3) is 0 Å². The van der Waals surface area contributed by atoms with E-state index in [1.165, 1.54) is 0 Å². The molecule has 0 fully saturated rings. The number of aliphatic hydroxyl groups is 1. The van der Waals surface area contributed by atoms with Crippen molar-refractivity contribution in [1.29, 1.82) is 0 Å². The second-order valence-electron chi connectivity index (χ2n) is 16.5. The molecule has 0 aliphatic carbocycles. The molecule has 80 heavy (non-hydrogen) atoms. The largest absolute Gasteiger partial charge is 3.00 e. The van der Waals surface area contributed by atoms with Gasteiger partial charge in [0.15, 0.2) is 0 Å². The monoisotopic (exact) mass is 1280 g/mol. The van der Waals surface area contributed by atoms with E-state index in [1.54, 1.807) is 37.3 Å². The van der Waals surface area contributed by atoms with Crippen molar-refractivity contribution in [2.75, 3.05) is 85.6 Å². The van der Waals surface area contributed by atoms with Crippen LogP contribution in [-0.2, 0) is 34.1 Å². The molecule has 0 saturated heterocycles. The molecule has 0 spiro atoms. The molecule has 0 unspecified atom stereocenters. The Morgan fingerprint density at radius 2 is 0.588 bits per heavy atom. The van der Waals surface area contributed by atoms with Crippen LogP contribution in [0.4, 0.5) is 50.4 Å². The number of aliphatic hydroxyl groups excluding tert-OH is 1. The summed E-state index contributed by atoms with van der Waals surface area (Å²) in [5.41, 5.74) is 10.7. The Morgan fingerprint density at radius 3 is 0.738 bits per heavy atom. The minimum Gasteiger partial charge on any atom is 2.00 e. The Labute approximate surface area is 473 Å². The molecular weight excluding hydrogens is 1210 g/mol. The zero-order chi connectivity index (χ0) is 58.6. The summed E-state index contributed by atoms with van der Waals surface area (Å²) in [5.74, 6) is 0. The van der Waals surface area contributed by atoms with Crippen LogP contribution in [0, 0.1) is 41.5 Å². The SMILES string of the molecule is CO.Cc1cc(C=NCCN(CCN=Cc2cc(C)[n-]n2)CCN=Cc2cc(C)[n-]n2)n[n-]1.Cc1cc(C=NCCN(CCN=Cc2cc(C)[nH]n2)CCN=Cc2cc(C)[nH]n2)n[nH]1.F[P-](F)(F)(F)(F)F.F[P-](F)(F)(F)(F)F.[Fe+2].[Fe+3]. The molecular formula is C43H61F12Fe2N20OP2. The minimum absolute atomic E-state index is 0. The number of nitrogens with zero attached hydrogens (tertiary/aromatic N) is 17. The smallest absolute Gasteiger partial charge is 2.00 e. The van der Waals surface area contributed by atoms with Gasteiger partial charge in [0, 0.05) is 101 Å². The van der Waals surface area contributed by atoms with E-state index in [2.05, 4.69) is 101 Å². The van der Waals surface area contributed by atoms with Gasteiger partial charge in [-0.15, -0.1) is 17.1 Å². The van der Waals surface area contributed by atoms with Gasteiger partial charge in [-0.2, -0.15) is 15.3 Å². The number of aliphatic imine (C=N–C) groups is 6. The van der Waals surface area contributed by atoms with Gasteiger partial charge in [-0.1, -0.05) is 39.0 Å². The van der Waals surface area contributed by atoms with Crippen molar-refractivity contribution in [3.05, 3.63) is 105 Å². The molecule has 0 saturated carbocycles. The molecule has 1 radical (unpaired) electrons. The van der Waals surface area contributed by atoms with Crippen LogP contribution in [0.3, 0.4) is 0 Å². The molecule has 449 valence electrons. The molecule has 0 atom stereocenters. The van der Waals surface area contributed by atoms with Crippen LogP contribution >= 0.6 is 15.6 Å². The first kappa shape index (κ1) is 74.2. The maximum atomic E-state index is 9.87. The quantitative estimate of drug-likeness (QED) is 0.0192. The van der Waals surface area contributed by atoms with Crippen LogP contribution in [0.1, 0.15) is 68.3 Å².